The normalized spacial score (nSPS) is 12.0. The van der Waals surface area contributed by atoms with E-state index in [0.29, 0.717) is 5.69 Å². The summed E-state index contributed by atoms with van der Waals surface area (Å²) in [6.45, 7) is 3.53. The number of nitrogens with two attached hydrogens (primary N) is 1. The van der Waals surface area contributed by atoms with Crippen molar-refractivity contribution in [1.29, 1.82) is 0 Å². The first-order chi connectivity index (χ1) is 11.0. The molecule has 0 fully saturated rings. The smallest absolute Gasteiger partial charge is 0.243 e. The Kier molecular flexibility index (Phi) is 5.42. The number of pyridine rings is 1. The molecule has 2 amide bonds. The minimum atomic E-state index is -0.636. The van der Waals surface area contributed by atoms with Crippen LogP contribution in [-0.2, 0) is 9.59 Å². The molecule has 1 atom stereocenters. The quantitative estimate of drug-likeness (QED) is 0.709. The Labute approximate surface area is 134 Å². The molecule has 8 heteroatoms. The highest BCUT2D eigenvalue weighted by Crippen LogP contribution is 2.17. The van der Waals surface area contributed by atoms with Gasteiger partial charge in [-0.05, 0) is 12.0 Å². The van der Waals surface area contributed by atoms with Crippen molar-refractivity contribution in [2.45, 2.75) is 19.9 Å². The Bertz CT molecular complexity index is 668. The van der Waals surface area contributed by atoms with Crippen LogP contribution in [0, 0.1) is 5.92 Å². The number of imidazole rings is 1. The maximum absolute atomic E-state index is 12.0. The van der Waals surface area contributed by atoms with Gasteiger partial charge in [0.2, 0.25) is 11.8 Å². The average molecular weight is 316 g/mol. The zero-order chi connectivity index (χ0) is 16.8. The summed E-state index contributed by atoms with van der Waals surface area (Å²) < 4.78 is 1.75. The summed E-state index contributed by atoms with van der Waals surface area (Å²) in [5, 5.41) is 5.24. The highest BCUT2D eigenvalue weighted by molar-refractivity contribution is 5.96. The molecule has 0 unspecified atom stereocenters. The van der Waals surface area contributed by atoms with Gasteiger partial charge in [-0.25, -0.2) is 4.98 Å². The molecule has 0 aliphatic carbocycles. The second-order valence-corrected chi connectivity index (χ2v) is 5.40. The molecular weight excluding hydrogens is 296 g/mol. The lowest BCUT2D eigenvalue weighted by molar-refractivity contribution is -0.125. The van der Waals surface area contributed by atoms with Crippen LogP contribution < -0.4 is 16.4 Å². The van der Waals surface area contributed by atoms with Gasteiger partial charge in [0, 0.05) is 18.6 Å². The third kappa shape index (κ3) is 4.36. The molecule has 2 aromatic rings. The van der Waals surface area contributed by atoms with E-state index in [9.17, 15) is 9.59 Å². The molecule has 0 saturated heterocycles. The number of carbonyl (C=O) groups is 2. The second-order valence-electron chi connectivity index (χ2n) is 5.40. The number of rotatable bonds is 6. The molecule has 0 bridgehead atoms. The van der Waals surface area contributed by atoms with Gasteiger partial charge in [0.1, 0.15) is 0 Å². The summed E-state index contributed by atoms with van der Waals surface area (Å²) in [6, 6.07) is 1.12. The van der Waals surface area contributed by atoms with Crippen molar-refractivity contribution < 1.29 is 9.59 Å². The van der Waals surface area contributed by atoms with E-state index >= 15 is 0 Å². The van der Waals surface area contributed by atoms with E-state index in [2.05, 4.69) is 20.6 Å². The van der Waals surface area contributed by atoms with Gasteiger partial charge in [-0.2, -0.15) is 0 Å². The molecular formula is C15H20N6O2. The predicted octanol–water partition coefficient (Wildman–Crippen LogP) is 0.305. The molecule has 122 valence electrons. The fourth-order valence-corrected chi connectivity index (χ4v) is 1.89. The Morgan fingerprint density at radius 2 is 2.09 bits per heavy atom. The number of hydrogen-bond donors (Lipinski definition) is 3. The average Bonchev–Trinajstić information content (AvgIpc) is 3.06. The third-order valence-electron chi connectivity index (χ3n) is 3.30. The highest BCUT2D eigenvalue weighted by atomic mass is 16.2. The van der Waals surface area contributed by atoms with Gasteiger partial charge in [0.05, 0.1) is 36.5 Å². The molecule has 0 aliphatic heterocycles. The lowest BCUT2D eigenvalue weighted by Crippen LogP contribution is -2.46. The van der Waals surface area contributed by atoms with Gasteiger partial charge in [-0.1, -0.05) is 13.8 Å². The molecule has 0 spiro atoms. The second kappa shape index (κ2) is 7.50. The summed E-state index contributed by atoms with van der Waals surface area (Å²) in [5.74, 6) is -0.705. The van der Waals surface area contributed by atoms with Crippen LogP contribution in [0.15, 0.2) is 37.2 Å². The SMILES string of the molecule is CC(C)[C@H](N)C(=O)NCC(=O)Nc1cnccc1-n1ccnc1. The number of hydrogen-bond acceptors (Lipinski definition) is 5. The van der Waals surface area contributed by atoms with E-state index in [1.54, 1.807) is 35.6 Å². The Morgan fingerprint density at radius 3 is 2.74 bits per heavy atom. The van der Waals surface area contributed by atoms with Crippen LogP contribution in [0.5, 0.6) is 0 Å². The summed E-state index contributed by atoms with van der Waals surface area (Å²) in [5.41, 5.74) is 6.98. The minimum Gasteiger partial charge on any atom is -0.346 e. The molecule has 2 aromatic heterocycles. The van der Waals surface area contributed by atoms with Crippen molar-refractivity contribution in [2.75, 3.05) is 11.9 Å². The first-order valence-electron chi connectivity index (χ1n) is 7.24. The Morgan fingerprint density at radius 1 is 1.30 bits per heavy atom. The molecule has 8 nitrogen and oxygen atoms in total. The van der Waals surface area contributed by atoms with Crippen molar-refractivity contribution in [3.63, 3.8) is 0 Å². The number of carbonyl (C=O) groups excluding carboxylic acids is 2. The van der Waals surface area contributed by atoms with E-state index in [4.69, 9.17) is 5.73 Å². The monoisotopic (exact) mass is 316 g/mol. The summed E-state index contributed by atoms with van der Waals surface area (Å²) in [4.78, 5) is 31.7. The minimum absolute atomic E-state index is 0.00391. The molecule has 4 N–H and O–H groups in total. The van der Waals surface area contributed by atoms with Gasteiger partial charge in [-0.3, -0.25) is 14.6 Å². The van der Waals surface area contributed by atoms with E-state index in [0.717, 1.165) is 5.69 Å². The van der Waals surface area contributed by atoms with Crippen LogP contribution in [0.2, 0.25) is 0 Å². The summed E-state index contributed by atoms with van der Waals surface area (Å²) in [6.07, 6.45) is 8.17. The predicted molar refractivity (Wildman–Crippen MR) is 85.8 cm³/mol. The van der Waals surface area contributed by atoms with Gasteiger partial charge >= 0.3 is 0 Å². The maximum atomic E-state index is 12.0. The van der Waals surface area contributed by atoms with Crippen LogP contribution in [-0.4, -0.2) is 38.9 Å². The van der Waals surface area contributed by atoms with Crippen molar-refractivity contribution in [3.05, 3.63) is 37.2 Å². The van der Waals surface area contributed by atoms with Crippen LogP contribution in [0.4, 0.5) is 5.69 Å². The van der Waals surface area contributed by atoms with E-state index in [1.165, 1.54) is 6.20 Å². The summed E-state index contributed by atoms with van der Waals surface area (Å²) >= 11 is 0. The first kappa shape index (κ1) is 16.6. The van der Waals surface area contributed by atoms with Crippen LogP contribution >= 0.6 is 0 Å². The van der Waals surface area contributed by atoms with Crippen molar-refractivity contribution in [2.24, 2.45) is 11.7 Å². The van der Waals surface area contributed by atoms with Crippen molar-refractivity contribution in [3.8, 4) is 5.69 Å². The number of amides is 2. The lowest BCUT2D eigenvalue weighted by atomic mass is 10.1. The van der Waals surface area contributed by atoms with Crippen LogP contribution in [0.3, 0.4) is 0 Å². The van der Waals surface area contributed by atoms with E-state index in [-0.39, 0.29) is 24.3 Å². The molecule has 23 heavy (non-hydrogen) atoms. The Hall–Kier alpha value is -2.74. The van der Waals surface area contributed by atoms with Crippen LogP contribution in [0.1, 0.15) is 13.8 Å². The fourth-order valence-electron chi connectivity index (χ4n) is 1.89. The molecule has 2 heterocycles. The third-order valence-corrected chi connectivity index (χ3v) is 3.30. The fraction of sp³-hybridized carbons (Fsp3) is 0.333. The van der Waals surface area contributed by atoms with Gasteiger partial charge in [-0.15, -0.1) is 0 Å². The zero-order valence-electron chi connectivity index (χ0n) is 13.1. The van der Waals surface area contributed by atoms with Gasteiger partial charge in [0.25, 0.3) is 0 Å². The maximum Gasteiger partial charge on any atom is 0.243 e. The molecule has 0 aromatic carbocycles. The van der Waals surface area contributed by atoms with Gasteiger partial charge < -0.3 is 20.9 Å². The molecule has 2 rings (SSSR count). The molecule has 0 saturated carbocycles. The topological polar surface area (TPSA) is 115 Å². The van der Waals surface area contributed by atoms with E-state index in [1.807, 2.05) is 13.8 Å². The lowest BCUT2D eigenvalue weighted by Gasteiger charge is -2.15. The van der Waals surface area contributed by atoms with Gasteiger partial charge in [0.15, 0.2) is 0 Å². The van der Waals surface area contributed by atoms with Crippen molar-refractivity contribution in [1.82, 2.24) is 19.9 Å². The molecule has 0 aliphatic rings. The number of nitrogens with zero attached hydrogens (tertiary/aromatic N) is 3. The Balaban J connectivity index is 1.98. The number of nitrogens with one attached hydrogen (secondary N) is 2. The standard InChI is InChI=1S/C15H20N6O2/c1-10(2)14(16)15(23)19-8-13(22)20-11-7-17-4-3-12(11)21-6-5-18-9-21/h3-7,9-10,14H,8,16H2,1-2H3,(H,19,23)(H,20,22)/t14-/m0/s1. The van der Waals surface area contributed by atoms with E-state index < -0.39 is 6.04 Å². The number of aromatic nitrogens is 3. The zero-order valence-corrected chi connectivity index (χ0v) is 13.1. The highest BCUT2D eigenvalue weighted by Gasteiger charge is 2.18. The van der Waals surface area contributed by atoms with Crippen LogP contribution in [0.25, 0.3) is 5.69 Å². The largest absolute Gasteiger partial charge is 0.346 e. The van der Waals surface area contributed by atoms with Crippen molar-refractivity contribution >= 4 is 17.5 Å². The first-order valence-corrected chi connectivity index (χ1v) is 7.24. The number of anilines is 1. The summed E-state index contributed by atoms with van der Waals surface area (Å²) in [7, 11) is 0. The molecule has 0 radical (unpaired) electrons.